The number of pyridine rings is 1. The highest BCUT2D eigenvalue weighted by molar-refractivity contribution is 6.11. The molecule has 1 aliphatic heterocycles. The van der Waals surface area contributed by atoms with Crippen LogP contribution in [0.2, 0.25) is 0 Å². The van der Waals surface area contributed by atoms with Crippen LogP contribution in [0, 0.1) is 0 Å². The number of hydrogen-bond donors (Lipinski definition) is 3. The second-order valence-corrected chi connectivity index (χ2v) is 9.22. The van der Waals surface area contributed by atoms with Crippen LogP contribution in [0.15, 0.2) is 79.0 Å². The third-order valence-electron chi connectivity index (χ3n) is 6.60. The summed E-state index contributed by atoms with van der Waals surface area (Å²) in [6, 6.07) is 21.4. The molecule has 0 aliphatic carbocycles. The first-order chi connectivity index (χ1) is 18.0. The molecule has 1 saturated heterocycles. The zero-order valence-electron chi connectivity index (χ0n) is 20.6. The number of anilines is 3. The monoisotopic (exact) mass is 495 g/mol. The van der Waals surface area contributed by atoms with Crippen LogP contribution in [0.4, 0.5) is 17.1 Å². The number of rotatable bonds is 5. The van der Waals surface area contributed by atoms with E-state index in [1.807, 2.05) is 36.4 Å². The molecule has 0 radical (unpaired) electrons. The van der Waals surface area contributed by atoms with Gasteiger partial charge in [0.1, 0.15) is 11.4 Å². The topological polar surface area (TPSA) is 97.8 Å². The molecule has 0 unspecified atom stereocenters. The number of carbonyl (C=O) groups excluding carboxylic acids is 2. The van der Waals surface area contributed by atoms with Crippen LogP contribution >= 0.6 is 0 Å². The third-order valence-corrected chi connectivity index (χ3v) is 6.60. The number of aromatic hydroxyl groups is 1. The van der Waals surface area contributed by atoms with Crippen molar-refractivity contribution in [1.29, 1.82) is 0 Å². The number of likely N-dealkylation sites (N-methyl/N-ethyl adjacent to an activating group) is 1. The number of para-hydroxylation sites is 2. The van der Waals surface area contributed by atoms with E-state index in [9.17, 15) is 14.7 Å². The maximum Gasteiger partial charge on any atom is 0.257 e. The van der Waals surface area contributed by atoms with Crippen molar-refractivity contribution < 1.29 is 14.7 Å². The van der Waals surface area contributed by atoms with Crippen molar-refractivity contribution in [2.75, 3.05) is 48.8 Å². The van der Waals surface area contributed by atoms with Gasteiger partial charge in [-0.2, -0.15) is 0 Å². The number of amides is 2. The normalized spacial score (nSPS) is 14.2. The van der Waals surface area contributed by atoms with Crippen molar-refractivity contribution in [3.8, 4) is 5.75 Å². The molecule has 0 saturated carbocycles. The maximum atomic E-state index is 13.0. The van der Waals surface area contributed by atoms with Gasteiger partial charge in [0.05, 0.1) is 16.8 Å². The van der Waals surface area contributed by atoms with Crippen molar-refractivity contribution in [3.63, 3.8) is 0 Å². The van der Waals surface area contributed by atoms with Crippen molar-refractivity contribution in [3.05, 3.63) is 90.1 Å². The summed E-state index contributed by atoms with van der Waals surface area (Å²) >= 11 is 0. The fourth-order valence-electron chi connectivity index (χ4n) is 4.48. The van der Waals surface area contributed by atoms with Gasteiger partial charge in [0.2, 0.25) is 0 Å². The predicted octanol–water partition coefficient (Wildman–Crippen LogP) is 4.59. The highest BCUT2D eigenvalue weighted by Gasteiger charge is 2.17. The van der Waals surface area contributed by atoms with E-state index in [2.05, 4.69) is 32.5 Å². The summed E-state index contributed by atoms with van der Waals surface area (Å²) in [4.78, 5) is 35.0. The summed E-state index contributed by atoms with van der Waals surface area (Å²) in [6.45, 7) is 3.99. The van der Waals surface area contributed by atoms with E-state index in [-0.39, 0.29) is 23.0 Å². The van der Waals surface area contributed by atoms with Gasteiger partial charge in [-0.1, -0.05) is 24.3 Å². The minimum Gasteiger partial charge on any atom is -0.506 e. The maximum absolute atomic E-state index is 13.0. The van der Waals surface area contributed by atoms with E-state index in [4.69, 9.17) is 0 Å². The molecule has 0 spiro atoms. The second kappa shape index (κ2) is 10.7. The molecule has 37 heavy (non-hydrogen) atoms. The number of carbonyl (C=O) groups is 2. The summed E-state index contributed by atoms with van der Waals surface area (Å²) < 4.78 is 0. The number of nitrogens with zero attached hydrogens (tertiary/aromatic N) is 3. The van der Waals surface area contributed by atoms with Crippen molar-refractivity contribution >= 4 is 39.8 Å². The standard InChI is InChI=1S/C29H29N5O3/c1-33-14-5-15-34(17-16-33)23-12-10-20(11-13-23)28(36)32-27-25(8-4-9-26(27)35)31-29(37)22-18-21-6-2-3-7-24(21)30-19-22/h2-4,6-13,18-19,35H,5,14-17H2,1H3,(H,31,37)(H,32,36). The van der Waals surface area contributed by atoms with E-state index in [1.54, 1.807) is 30.3 Å². The first-order valence-corrected chi connectivity index (χ1v) is 12.3. The van der Waals surface area contributed by atoms with Crippen LogP contribution in [-0.4, -0.2) is 60.0 Å². The van der Waals surface area contributed by atoms with Crippen LogP contribution in [0.25, 0.3) is 10.9 Å². The van der Waals surface area contributed by atoms with Gasteiger partial charge in [0.15, 0.2) is 0 Å². The fraction of sp³-hybridized carbons (Fsp3) is 0.207. The molecule has 188 valence electrons. The number of phenolic OH excluding ortho intramolecular Hbond substituents is 1. The van der Waals surface area contributed by atoms with Crippen LogP contribution in [-0.2, 0) is 0 Å². The Balaban J connectivity index is 1.31. The lowest BCUT2D eigenvalue weighted by Crippen LogP contribution is -2.28. The van der Waals surface area contributed by atoms with Gasteiger partial charge in [-0.05, 0) is 68.5 Å². The van der Waals surface area contributed by atoms with Gasteiger partial charge in [-0.15, -0.1) is 0 Å². The molecular weight excluding hydrogens is 466 g/mol. The van der Waals surface area contributed by atoms with Gasteiger partial charge in [0, 0.05) is 42.5 Å². The largest absolute Gasteiger partial charge is 0.506 e. The first kappa shape index (κ1) is 24.3. The summed E-state index contributed by atoms with van der Waals surface area (Å²) in [5.74, 6) is -0.925. The fourth-order valence-corrected chi connectivity index (χ4v) is 4.48. The molecule has 8 heteroatoms. The summed E-state index contributed by atoms with van der Waals surface area (Å²) in [7, 11) is 2.13. The molecule has 3 aromatic carbocycles. The Labute approximate surface area is 215 Å². The molecule has 1 fully saturated rings. The summed E-state index contributed by atoms with van der Waals surface area (Å²) in [5.41, 5.74) is 3.11. The molecule has 0 atom stereocenters. The van der Waals surface area contributed by atoms with E-state index >= 15 is 0 Å². The van der Waals surface area contributed by atoms with Crippen molar-refractivity contribution in [1.82, 2.24) is 9.88 Å². The Morgan fingerprint density at radius 1 is 0.838 bits per heavy atom. The lowest BCUT2D eigenvalue weighted by atomic mass is 10.1. The Morgan fingerprint density at radius 3 is 2.46 bits per heavy atom. The molecule has 2 amide bonds. The Bertz CT molecular complexity index is 1440. The Morgan fingerprint density at radius 2 is 1.62 bits per heavy atom. The smallest absolute Gasteiger partial charge is 0.257 e. The number of phenols is 1. The minimum atomic E-state index is -0.396. The molecule has 0 bridgehead atoms. The molecule has 3 N–H and O–H groups in total. The molecule has 1 aromatic heterocycles. The number of nitrogens with one attached hydrogen (secondary N) is 2. The lowest BCUT2D eigenvalue weighted by molar-refractivity contribution is 0.101. The molecular formula is C29H29N5O3. The van der Waals surface area contributed by atoms with Gasteiger partial charge >= 0.3 is 0 Å². The van der Waals surface area contributed by atoms with Crippen LogP contribution in [0.1, 0.15) is 27.1 Å². The highest BCUT2D eigenvalue weighted by atomic mass is 16.3. The molecule has 4 aromatic rings. The van der Waals surface area contributed by atoms with Crippen LogP contribution in [0.3, 0.4) is 0 Å². The third kappa shape index (κ3) is 5.54. The Hall–Kier alpha value is -4.43. The molecule has 1 aliphatic rings. The summed E-state index contributed by atoms with van der Waals surface area (Å²) in [5, 5.41) is 16.9. The zero-order valence-corrected chi connectivity index (χ0v) is 20.6. The highest BCUT2D eigenvalue weighted by Crippen LogP contribution is 2.32. The Kier molecular flexibility index (Phi) is 7.00. The number of fused-ring (bicyclic) bond motifs is 1. The van der Waals surface area contributed by atoms with E-state index < -0.39 is 5.91 Å². The molecule has 8 nitrogen and oxygen atoms in total. The average Bonchev–Trinajstić information content (AvgIpc) is 3.14. The lowest BCUT2D eigenvalue weighted by Gasteiger charge is -2.23. The quantitative estimate of drug-likeness (QED) is 0.351. The van der Waals surface area contributed by atoms with Crippen LogP contribution < -0.4 is 15.5 Å². The number of hydrogen-bond acceptors (Lipinski definition) is 6. The van der Waals surface area contributed by atoms with Crippen molar-refractivity contribution in [2.24, 2.45) is 0 Å². The van der Waals surface area contributed by atoms with Gasteiger partial charge in [0.25, 0.3) is 11.8 Å². The average molecular weight is 496 g/mol. The van der Waals surface area contributed by atoms with Crippen LogP contribution in [0.5, 0.6) is 5.75 Å². The van der Waals surface area contributed by atoms with E-state index in [0.29, 0.717) is 11.1 Å². The molecule has 2 heterocycles. The predicted molar refractivity (Wildman–Crippen MR) is 147 cm³/mol. The van der Waals surface area contributed by atoms with E-state index in [0.717, 1.165) is 49.2 Å². The second-order valence-electron chi connectivity index (χ2n) is 9.22. The minimum absolute atomic E-state index is 0.134. The van der Waals surface area contributed by atoms with Gasteiger partial charge in [-0.25, -0.2) is 0 Å². The van der Waals surface area contributed by atoms with Gasteiger partial charge in [-0.3, -0.25) is 14.6 Å². The van der Waals surface area contributed by atoms with Gasteiger partial charge < -0.3 is 25.5 Å². The molecule has 5 rings (SSSR count). The zero-order chi connectivity index (χ0) is 25.8. The van der Waals surface area contributed by atoms with E-state index in [1.165, 1.54) is 12.3 Å². The SMILES string of the molecule is CN1CCCN(c2ccc(C(=O)Nc3c(O)cccc3NC(=O)c3cnc4ccccc4c3)cc2)CC1. The van der Waals surface area contributed by atoms with Crippen molar-refractivity contribution in [2.45, 2.75) is 6.42 Å². The number of aromatic nitrogens is 1. The summed E-state index contributed by atoms with van der Waals surface area (Å²) in [6.07, 6.45) is 2.60. The number of benzene rings is 3. The first-order valence-electron chi connectivity index (χ1n) is 12.3.